The molecule has 1 N–H and O–H groups in total. The Morgan fingerprint density at radius 2 is 2.27 bits per heavy atom. The summed E-state index contributed by atoms with van der Waals surface area (Å²) in [5.41, 5.74) is 2.51. The van der Waals surface area contributed by atoms with Crippen molar-refractivity contribution in [3.8, 4) is 0 Å². The first-order chi connectivity index (χ1) is 10.3. The first kappa shape index (κ1) is 17.2. The average Bonchev–Trinajstić information content (AvgIpc) is 2.90. The Labute approximate surface area is 137 Å². The van der Waals surface area contributed by atoms with Crippen LogP contribution in [0, 0.1) is 0 Å². The van der Waals surface area contributed by atoms with Crippen molar-refractivity contribution in [3.05, 3.63) is 16.6 Å². The lowest BCUT2D eigenvalue weighted by molar-refractivity contribution is 0.00904. The van der Waals surface area contributed by atoms with Gasteiger partial charge in [-0.05, 0) is 47.5 Å². The summed E-state index contributed by atoms with van der Waals surface area (Å²) in [6.07, 6.45) is 1.68. The summed E-state index contributed by atoms with van der Waals surface area (Å²) >= 11 is 1.62. The Balaban J connectivity index is 1.86. The molecule has 1 fully saturated rings. The quantitative estimate of drug-likeness (QED) is 0.923. The van der Waals surface area contributed by atoms with Crippen LogP contribution in [0.4, 0.5) is 4.79 Å². The van der Waals surface area contributed by atoms with E-state index in [1.54, 1.807) is 11.3 Å². The Kier molecular flexibility index (Phi) is 5.45. The van der Waals surface area contributed by atoms with Crippen molar-refractivity contribution in [1.29, 1.82) is 0 Å². The second kappa shape index (κ2) is 6.96. The monoisotopic (exact) mass is 325 g/mol. The highest BCUT2D eigenvalue weighted by Crippen LogP contribution is 2.23. The first-order valence-electron chi connectivity index (χ1n) is 7.90. The molecule has 0 radical (unpaired) electrons. The van der Waals surface area contributed by atoms with Gasteiger partial charge in [-0.3, -0.25) is 0 Å². The van der Waals surface area contributed by atoms with Crippen LogP contribution in [0.2, 0.25) is 0 Å². The van der Waals surface area contributed by atoms with Crippen molar-refractivity contribution < 1.29 is 9.53 Å². The van der Waals surface area contributed by atoms with E-state index >= 15 is 0 Å². The number of nitrogens with one attached hydrogen (secondary N) is 1. The van der Waals surface area contributed by atoms with Gasteiger partial charge in [0.25, 0.3) is 0 Å². The van der Waals surface area contributed by atoms with Crippen LogP contribution in [0.3, 0.4) is 0 Å². The number of hydrogen-bond acceptors (Lipinski definition) is 5. The predicted molar refractivity (Wildman–Crippen MR) is 89.1 cm³/mol. The van der Waals surface area contributed by atoms with Gasteiger partial charge in [0, 0.05) is 30.1 Å². The van der Waals surface area contributed by atoms with E-state index in [2.05, 4.69) is 29.5 Å². The van der Waals surface area contributed by atoms with E-state index in [0.29, 0.717) is 6.04 Å². The van der Waals surface area contributed by atoms with Crippen molar-refractivity contribution in [2.75, 3.05) is 6.54 Å². The number of carbonyl (C=O) groups is 1. The Hall–Kier alpha value is -1.14. The minimum Gasteiger partial charge on any atom is -0.444 e. The molecule has 1 aromatic rings. The molecule has 1 aliphatic heterocycles. The van der Waals surface area contributed by atoms with Crippen LogP contribution in [0.25, 0.3) is 0 Å². The van der Waals surface area contributed by atoms with Crippen LogP contribution in [-0.2, 0) is 4.74 Å². The molecule has 0 aromatic carbocycles. The van der Waals surface area contributed by atoms with Crippen LogP contribution in [0.15, 0.2) is 10.9 Å². The maximum Gasteiger partial charge on any atom is 0.410 e. The molecule has 124 valence electrons. The normalized spacial score (nSPS) is 24.1. The Morgan fingerprint density at radius 3 is 2.82 bits per heavy atom. The second-order valence-corrected chi connectivity index (χ2v) is 7.76. The summed E-state index contributed by atoms with van der Waals surface area (Å²) in [6, 6.07) is 0.839. The molecule has 5 nitrogen and oxygen atoms in total. The SMILES string of the molecule is CC(NC1CCN(C(=O)OC(C)(C)C)C(C)C1)c1cscn1. The number of hydrogen-bond donors (Lipinski definition) is 1. The third-order valence-corrected chi connectivity index (χ3v) is 4.49. The van der Waals surface area contributed by atoms with Crippen LogP contribution >= 0.6 is 11.3 Å². The fraction of sp³-hybridized carbons (Fsp3) is 0.750. The standard InChI is InChI=1S/C16H27N3O2S/c1-11-8-13(18-12(2)14-9-22-10-17-14)6-7-19(11)15(20)21-16(3,4)5/h9-13,18H,6-8H2,1-5H3. The number of amides is 1. The maximum absolute atomic E-state index is 12.2. The molecule has 3 atom stereocenters. The van der Waals surface area contributed by atoms with E-state index in [1.807, 2.05) is 31.2 Å². The average molecular weight is 325 g/mol. The van der Waals surface area contributed by atoms with E-state index < -0.39 is 5.60 Å². The molecule has 1 aromatic heterocycles. The van der Waals surface area contributed by atoms with E-state index in [1.165, 1.54) is 0 Å². The van der Waals surface area contributed by atoms with Crippen LogP contribution in [-0.4, -0.2) is 40.2 Å². The molecule has 1 amide bonds. The summed E-state index contributed by atoms with van der Waals surface area (Å²) in [6.45, 7) is 10.7. The van der Waals surface area contributed by atoms with Crippen molar-refractivity contribution in [3.63, 3.8) is 0 Å². The van der Waals surface area contributed by atoms with E-state index in [-0.39, 0.29) is 18.2 Å². The molecular weight excluding hydrogens is 298 g/mol. The molecular formula is C16H27N3O2S. The highest BCUT2D eigenvalue weighted by Gasteiger charge is 2.32. The zero-order chi connectivity index (χ0) is 16.3. The highest BCUT2D eigenvalue weighted by molar-refractivity contribution is 7.07. The largest absolute Gasteiger partial charge is 0.444 e. The van der Waals surface area contributed by atoms with Crippen LogP contribution in [0.1, 0.15) is 59.2 Å². The Morgan fingerprint density at radius 1 is 1.55 bits per heavy atom. The highest BCUT2D eigenvalue weighted by atomic mass is 32.1. The number of ether oxygens (including phenoxy) is 1. The number of aromatic nitrogens is 1. The molecule has 0 bridgehead atoms. The lowest BCUT2D eigenvalue weighted by Gasteiger charge is -2.39. The molecule has 6 heteroatoms. The number of nitrogens with zero attached hydrogens (tertiary/aromatic N) is 2. The molecule has 1 saturated heterocycles. The van der Waals surface area contributed by atoms with Crippen molar-refractivity contribution in [2.24, 2.45) is 0 Å². The van der Waals surface area contributed by atoms with E-state index in [4.69, 9.17) is 4.74 Å². The van der Waals surface area contributed by atoms with Crippen molar-refractivity contribution in [1.82, 2.24) is 15.2 Å². The summed E-state index contributed by atoms with van der Waals surface area (Å²) in [7, 11) is 0. The third-order valence-electron chi connectivity index (χ3n) is 3.88. The van der Waals surface area contributed by atoms with Crippen molar-refractivity contribution in [2.45, 2.75) is 71.2 Å². The fourth-order valence-electron chi connectivity index (χ4n) is 2.79. The van der Waals surface area contributed by atoms with Gasteiger partial charge in [-0.2, -0.15) is 0 Å². The zero-order valence-electron chi connectivity index (χ0n) is 14.1. The van der Waals surface area contributed by atoms with Gasteiger partial charge in [0.05, 0.1) is 11.2 Å². The summed E-state index contributed by atoms with van der Waals surface area (Å²) in [5.74, 6) is 0. The molecule has 0 saturated carbocycles. The molecule has 0 spiro atoms. The number of rotatable bonds is 3. The molecule has 2 rings (SSSR count). The number of piperidine rings is 1. The predicted octanol–water partition coefficient (Wildman–Crippen LogP) is 3.58. The topological polar surface area (TPSA) is 54.5 Å². The van der Waals surface area contributed by atoms with Gasteiger partial charge in [-0.25, -0.2) is 9.78 Å². The molecule has 2 heterocycles. The van der Waals surface area contributed by atoms with Gasteiger partial charge in [-0.15, -0.1) is 11.3 Å². The molecule has 22 heavy (non-hydrogen) atoms. The van der Waals surface area contributed by atoms with Gasteiger partial charge in [0.15, 0.2) is 0 Å². The minimum absolute atomic E-state index is 0.184. The molecule has 1 aliphatic rings. The van der Waals surface area contributed by atoms with Gasteiger partial charge < -0.3 is 15.0 Å². The van der Waals surface area contributed by atoms with E-state index in [0.717, 1.165) is 25.1 Å². The first-order valence-corrected chi connectivity index (χ1v) is 8.84. The van der Waals surface area contributed by atoms with E-state index in [9.17, 15) is 4.79 Å². The molecule has 3 unspecified atom stereocenters. The summed E-state index contributed by atoms with van der Waals surface area (Å²) < 4.78 is 5.48. The zero-order valence-corrected chi connectivity index (χ0v) is 14.9. The summed E-state index contributed by atoms with van der Waals surface area (Å²) in [5, 5.41) is 5.71. The van der Waals surface area contributed by atoms with Crippen LogP contribution in [0.5, 0.6) is 0 Å². The number of carbonyl (C=O) groups excluding carboxylic acids is 1. The summed E-state index contributed by atoms with van der Waals surface area (Å²) in [4.78, 5) is 18.4. The van der Waals surface area contributed by atoms with Gasteiger partial charge in [0.2, 0.25) is 0 Å². The van der Waals surface area contributed by atoms with Gasteiger partial charge >= 0.3 is 6.09 Å². The molecule has 0 aliphatic carbocycles. The van der Waals surface area contributed by atoms with Crippen LogP contribution < -0.4 is 5.32 Å². The Bertz CT molecular complexity index is 484. The third kappa shape index (κ3) is 4.68. The van der Waals surface area contributed by atoms with Crippen molar-refractivity contribution >= 4 is 17.4 Å². The smallest absolute Gasteiger partial charge is 0.410 e. The maximum atomic E-state index is 12.2. The minimum atomic E-state index is -0.439. The fourth-order valence-corrected chi connectivity index (χ4v) is 3.44. The van der Waals surface area contributed by atoms with Gasteiger partial charge in [-0.1, -0.05) is 0 Å². The van der Waals surface area contributed by atoms with Gasteiger partial charge in [0.1, 0.15) is 5.60 Å². The second-order valence-electron chi connectivity index (χ2n) is 7.05. The lowest BCUT2D eigenvalue weighted by atomic mass is 9.97. The lowest BCUT2D eigenvalue weighted by Crippen LogP contribution is -2.51. The number of thiazole rings is 1. The number of likely N-dealkylation sites (tertiary alicyclic amines) is 1.